The number of ether oxygens (including phenoxy) is 1. The average molecular weight is 286 g/mol. The van der Waals surface area contributed by atoms with E-state index in [0.29, 0.717) is 30.2 Å². The maximum atomic E-state index is 12.2. The van der Waals surface area contributed by atoms with Crippen LogP contribution in [0.2, 0.25) is 0 Å². The number of methoxy groups -OCH3 is 1. The Balaban J connectivity index is 3.10. The van der Waals surface area contributed by atoms with Gasteiger partial charge in [0, 0.05) is 6.54 Å². The Labute approximate surface area is 115 Å². The van der Waals surface area contributed by atoms with Crippen molar-refractivity contribution in [2.75, 3.05) is 27.2 Å². The lowest BCUT2D eigenvalue weighted by atomic mass is 10.1. The third-order valence-corrected chi connectivity index (χ3v) is 4.31. The quantitative estimate of drug-likeness (QED) is 0.752. The van der Waals surface area contributed by atoms with Crippen molar-refractivity contribution in [3.05, 3.63) is 23.8 Å². The van der Waals surface area contributed by atoms with Gasteiger partial charge in [0.2, 0.25) is 10.0 Å². The highest BCUT2D eigenvalue weighted by Gasteiger charge is 2.18. The lowest BCUT2D eigenvalue weighted by molar-refractivity contribution is 0.413. The highest BCUT2D eigenvalue weighted by Crippen LogP contribution is 2.22. The van der Waals surface area contributed by atoms with Crippen LogP contribution in [-0.2, 0) is 16.4 Å². The molecule has 0 aliphatic carbocycles. The van der Waals surface area contributed by atoms with E-state index in [1.54, 1.807) is 25.3 Å². The molecule has 5 nitrogen and oxygen atoms in total. The van der Waals surface area contributed by atoms with Crippen LogP contribution in [0.15, 0.2) is 23.1 Å². The van der Waals surface area contributed by atoms with Gasteiger partial charge in [0.05, 0.1) is 12.0 Å². The first-order valence-corrected chi connectivity index (χ1v) is 7.84. The van der Waals surface area contributed by atoms with Crippen LogP contribution >= 0.6 is 0 Å². The fourth-order valence-corrected chi connectivity index (χ4v) is 3.10. The van der Waals surface area contributed by atoms with E-state index in [1.165, 1.54) is 0 Å². The molecule has 0 heterocycles. The lowest BCUT2D eigenvalue weighted by Crippen LogP contribution is -2.26. The molecule has 0 aromatic heterocycles. The maximum Gasteiger partial charge on any atom is 0.240 e. The monoisotopic (exact) mass is 286 g/mol. The molecule has 0 bridgehead atoms. The molecular formula is C13H22N2O3S. The Hall–Kier alpha value is -1.11. The summed E-state index contributed by atoms with van der Waals surface area (Å²) in [6.45, 7) is 3.09. The number of hydrogen-bond donors (Lipinski definition) is 2. The average Bonchev–Trinajstić information content (AvgIpc) is 2.42. The molecule has 0 aliphatic heterocycles. The summed E-state index contributed by atoms with van der Waals surface area (Å²) in [5, 5.41) is 3.02. The van der Waals surface area contributed by atoms with Gasteiger partial charge >= 0.3 is 0 Å². The van der Waals surface area contributed by atoms with Gasteiger partial charge < -0.3 is 10.1 Å². The van der Waals surface area contributed by atoms with E-state index in [9.17, 15) is 8.42 Å². The van der Waals surface area contributed by atoms with Gasteiger partial charge in [-0.05, 0) is 50.2 Å². The van der Waals surface area contributed by atoms with Crippen molar-refractivity contribution in [1.29, 1.82) is 0 Å². The number of rotatable bonds is 8. The van der Waals surface area contributed by atoms with E-state index in [0.717, 1.165) is 12.0 Å². The Kier molecular flexibility index (Phi) is 6.27. The smallest absolute Gasteiger partial charge is 0.240 e. The zero-order valence-corrected chi connectivity index (χ0v) is 12.5. The van der Waals surface area contributed by atoms with E-state index in [2.05, 4.69) is 10.0 Å². The predicted molar refractivity (Wildman–Crippen MR) is 76.1 cm³/mol. The molecule has 1 aromatic carbocycles. The van der Waals surface area contributed by atoms with Crippen molar-refractivity contribution in [2.45, 2.75) is 24.7 Å². The first-order chi connectivity index (χ1) is 9.05. The Morgan fingerprint density at radius 1 is 1.26 bits per heavy atom. The second kappa shape index (κ2) is 7.47. The number of likely N-dealkylation sites (N-methyl/N-ethyl adjacent to an activating group) is 1. The normalized spacial score (nSPS) is 11.5. The summed E-state index contributed by atoms with van der Waals surface area (Å²) in [7, 11) is -0.0347. The molecule has 0 radical (unpaired) electrons. The Bertz CT molecular complexity index is 501. The van der Waals surface area contributed by atoms with Gasteiger partial charge in [0.25, 0.3) is 0 Å². The summed E-state index contributed by atoms with van der Waals surface area (Å²) in [5.74, 6) is 0.667. The summed E-state index contributed by atoms with van der Waals surface area (Å²) in [6.07, 6.45) is 1.40. The minimum atomic E-state index is -3.44. The zero-order valence-electron chi connectivity index (χ0n) is 11.7. The van der Waals surface area contributed by atoms with Crippen molar-refractivity contribution in [3.63, 3.8) is 0 Å². The molecule has 0 atom stereocenters. The number of sulfonamides is 1. The SMILES string of the molecule is CCCNS(=O)(=O)c1ccc(OC)cc1CCNC. The molecule has 6 heteroatoms. The van der Waals surface area contributed by atoms with Crippen LogP contribution in [-0.4, -0.2) is 35.7 Å². The molecule has 1 rings (SSSR count). The van der Waals surface area contributed by atoms with Crippen LogP contribution in [0.25, 0.3) is 0 Å². The van der Waals surface area contributed by atoms with Crippen molar-refractivity contribution < 1.29 is 13.2 Å². The molecule has 108 valence electrons. The molecule has 19 heavy (non-hydrogen) atoms. The minimum Gasteiger partial charge on any atom is -0.497 e. The first-order valence-electron chi connectivity index (χ1n) is 6.36. The molecule has 2 N–H and O–H groups in total. The van der Waals surface area contributed by atoms with Gasteiger partial charge in [-0.1, -0.05) is 6.92 Å². The predicted octanol–water partition coefficient (Wildman–Crippen LogP) is 1.15. The molecule has 0 unspecified atom stereocenters. The van der Waals surface area contributed by atoms with E-state index in [-0.39, 0.29) is 0 Å². The molecule has 1 aromatic rings. The Morgan fingerprint density at radius 3 is 2.58 bits per heavy atom. The maximum absolute atomic E-state index is 12.2. The third kappa shape index (κ3) is 4.49. The highest BCUT2D eigenvalue weighted by molar-refractivity contribution is 7.89. The molecule has 0 saturated carbocycles. The molecule has 0 fully saturated rings. The van der Waals surface area contributed by atoms with E-state index < -0.39 is 10.0 Å². The van der Waals surface area contributed by atoms with Gasteiger partial charge in [-0.15, -0.1) is 0 Å². The number of benzene rings is 1. The molecule has 0 saturated heterocycles. The first kappa shape index (κ1) is 15.9. The third-order valence-electron chi connectivity index (χ3n) is 2.74. The second-order valence-electron chi connectivity index (χ2n) is 4.22. The van der Waals surface area contributed by atoms with Crippen molar-refractivity contribution >= 4 is 10.0 Å². The Morgan fingerprint density at radius 2 is 2.00 bits per heavy atom. The molecule has 0 spiro atoms. The van der Waals surface area contributed by atoms with Crippen LogP contribution in [0.4, 0.5) is 0 Å². The van der Waals surface area contributed by atoms with Crippen LogP contribution in [0.1, 0.15) is 18.9 Å². The van der Waals surface area contributed by atoms with Crippen LogP contribution in [0.5, 0.6) is 5.75 Å². The molecule has 0 aliphatic rings. The fourth-order valence-electron chi connectivity index (χ4n) is 1.71. The van der Waals surface area contributed by atoms with Gasteiger partial charge in [-0.25, -0.2) is 13.1 Å². The fraction of sp³-hybridized carbons (Fsp3) is 0.538. The minimum absolute atomic E-state index is 0.331. The van der Waals surface area contributed by atoms with E-state index >= 15 is 0 Å². The van der Waals surface area contributed by atoms with Crippen molar-refractivity contribution in [1.82, 2.24) is 10.0 Å². The van der Waals surface area contributed by atoms with Gasteiger partial charge in [0.15, 0.2) is 0 Å². The summed E-state index contributed by atoms with van der Waals surface area (Å²) in [5.41, 5.74) is 0.761. The second-order valence-corrected chi connectivity index (χ2v) is 5.96. The standard InChI is InChI=1S/C13H22N2O3S/c1-4-8-15-19(16,17)13-6-5-12(18-3)10-11(13)7-9-14-2/h5-6,10,14-15H,4,7-9H2,1-3H3. The zero-order chi connectivity index (χ0) is 14.3. The number of hydrogen-bond acceptors (Lipinski definition) is 4. The summed E-state index contributed by atoms with van der Waals surface area (Å²) >= 11 is 0. The van der Waals surface area contributed by atoms with Crippen molar-refractivity contribution in [3.8, 4) is 5.75 Å². The van der Waals surface area contributed by atoms with Gasteiger partial charge in [-0.3, -0.25) is 0 Å². The van der Waals surface area contributed by atoms with Crippen LogP contribution < -0.4 is 14.8 Å². The van der Waals surface area contributed by atoms with Crippen LogP contribution in [0, 0.1) is 0 Å². The molecular weight excluding hydrogens is 264 g/mol. The van der Waals surface area contributed by atoms with Crippen LogP contribution in [0.3, 0.4) is 0 Å². The summed E-state index contributed by atoms with van der Waals surface area (Å²) in [4.78, 5) is 0.331. The van der Waals surface area contributed by atoms with E-state index in [1.807, 2.05) is 14.0 Å². The number of nitrogens with one attached hydrogen (secondary N) is 2. The molecule has 0 amide bonds. The topological polar surface area (TPSA) is 67.4 Å². The van der Waals surface area contributed by atoms with Gasteiger partial charge in [0.1, 0.15) is 5.75 Å². The lowest BCUT2D eigenvalue weighted by Gasteiger charge is -2.12. The summed E-state index contributed by atoms with van der Waals surface area (Å²) < 4.78 is 32.1. The van der Waals surface area contributed by atoms with Gasteiger partial charge in [-0.2, -0.15) is 0 Å². The van der Waals surface area contributed by atoms with E-state index in [4.69, 9.17) is 4.74 Å². The van der Waals surface area contributed by atoms with Crippen molar-refractivity contribution in [2.24, 2.45) is 0 Å². The highest BCUT2D eigenvalue weighted by atomic mass is 32.2. The summed E-state index contributed by atoms with van der Waals surface area (Å²) in [6, 6.07) is 5.04. The largest absolute Gasteiger partial charge is 0.497 e.